The number of phenols is 1. The van der Waals surface area contributed by atoms with Gasteiger partial charge in [-0.3, -0.25) is 0 Å². The van der Waals surface area contributed by atoms with Crippen molar-refractivity contribution in [3.8, 4) is 5.75 Å². The Morgan fingerprint density at radius 2 is 1.95 bits per heavy atom. The van der Waals surface area contributed by atoms with Gasteiger partial charge in [0.05, 0.1) is 6.10 Å². The molecule has 3 N–H and O–H groups in total. The lowest BCUT2D eigenvalue weighted by atomic mass is 9.61. The van der Waals surface area contributed by atoms with Crippen LogP contribution in [0.15, 0.2) is 18.2 Å². The third kappa shape index (κ3) is 2.45. The summed E-state index contributed by atoms with van der Waals surface area (Å²) in [6.45, 7) is 4.39. The summed E-state index contributed by atoms with van der Waals surface area (Å²) < 4.78 is 5.65. The SMILES string of the molecule is CCCC1(CCC)c2cc(O)ccc2CC(OC)C1N. The zero-order chi connectivity index (χ0) is 14.8. The second-order valence-electron chi connectivity index (χ2n) is 6.00. The first-order valence-electron chi connectivity index (χ1n) is 7.69. The number of phenolic OH excluding ortho intramolecular Hbond substituents is 1. The van der Waals surface area contributed by atoms with Crippen LogP contribution >= 0.6 is 0 Å². The van der Waals surface area contributed by atoms with E-state index < -0.39 is 0 Å². The number of rotatable bonds is 5. The third-order valence-corrected chi connectivity index (χ3v) is 4.78. The van der Waals surface area contributed by atoms with Crippen molar-refractivity contribution in [1.82, 2.24) is 0 Å². The fourth-order valence-electron chi connectivity index (χ4n) is 3.93. The third-order valence-electron chi connectivity index (χ3n) is 4.78. The van der Waals surface area contributed by atoms with E-state index in [9.17, 15) is 5.11 Å². The molecule has 0 saturated heterocycles. The lowest BCUT2D eigenvalue weighted by Crippen LogP contribution is -2.57. The first kappa shape index (κ1) is 15.3. The molecule has 112 valence electrons. The van der Waals surface area contributed by atoms with Gasteiger partial charge in [-0.25, -0.2) is 0 Å². The van der Waals surface area contributed by atoms with Gasteiger partial charge in [0.2, 0.25) is 0 Å². The topological polar surface area (TPSA) is 55.5 Å². The van der Waals surface area contributed by atoms with Crippen molar-refractivity contribution in [2.24, 2.45) is 5.73 Å². The number of fused-ring (bicyclic) bond motifs is 1. The molecule has 1 aliphatic rings. The summed E-state index contributed by atoms with van der Waals surface area (Å²) in [6, 6.07) is 5.71. The van der Waals surface area contributed by atoms with Gasteiger partial charge >= 0.3 is 0 Å². The zero-order valence-electron chi connectivity index (χ0n) is 12.9. The number of aromatic hydroxyl groups is 1. The molecule has 1 aliphatic carbocycles. The minimum absolute atomic E-state index is 0.0123. The summed E-state index contributed by atoms with van der Waals surface area (Å²) in [5, 5.41) is 9.89. The Bertz CT molecular complexity index is 452. The van der Waals surface area contributed by atoms with Gasteiger partial charge < -0.3 is 15.6 Å². The molecule has 0 radical (unpaired) electrons. The Balaban J connectivity index is 2.57. The highest BCUT2D eigenvalue weighted by Crippen LogP contribution is 2.45. The summed E-state index contributed by atoms with van der Waals surface area (Å²) in [4.78, 5) is 0. The maximum Gasteiger partial charge on any atom is 0.115 e. The monoisotopic (exact) mass is 277 g/mol. The smallest absolute Gasteiger partial charge is 0.115 e. The van der Waals surface area contributed by atoms with Crippen LogP contribution in [0.4, 0.5) is 0 Å². The van der Waals surface area contributed by atoms with Crippen LogP contribution in [0.2, 0.25) is 0 Å². The second-order valence-corrected chi connectivity index (χ2v) is 6.00. The highest BCUT2D eigenvalue weighted by molar-refractivity contribution is 5.44. The van der Waals surface area contributed by atoms with E-state index in [4.69, 9.17) is 10.5 Å². The van der Waals surface area contributed by atoms with E-state index in [1.165, 1.54) is 11.1 Å². The first-order chi connectivity index (χ1) is 9.58. The Labute approximate surface area is 122 Å². The Hall–Kier alpha value is -1.06. The number of hydrogen-bond acceptors (Lipinski definition) is 3. The van der Waals surface area contributed by atoms with Gasteiger partial charge in [0.1, 0.15) is 5.75 Å². The largest absolute Gasteiger partial charge is 0.508 e. The minimum atomic E-state index is -0.0729. The number of nitrogens with two attached hydrogens (primary N) is 1. The molecule has 0 saturated carbocycles. The van der Waals surface area contributed by atoms with E-state index in [-0.39, 0.29) is 17.6 Å². The van der Waals surface area contributed by atoms with Gasteiger partial charge in [-0.05, 0) is 36.1 Å². The number of hydrogen-bond donors (Lipinski definition) is 2. The van der Waals surface area contributed by atoms with Crippen LogP contribution in [0.3, 0.4) is 0 Å². The van der Waals surface area contributed by atoms with E-state index in [0.717, 1.165) is 32.1 Å². The van der Waals surface area contributed by atoms with E-state index in [0.29, 0.717) is 5.75 Å². The number of benzene rings is 1. The van der Waals surface area contributed by atoms with Crippen LogP contribution in [0, 0.1) is 0 Å². The van der Waals surface area contributed by atoms with Crippen LogP contribution in [-0.4, -0.2) is 24.4 Å². The van der Waals surface area contributed by atoms with Gasteiger partial charge in [0.15, 0.2) is 0 Å². The number of methoxy groups -OCH3 is 1. The van der Waals surface area contributed by atoms with Crippen molar-refractivity contribution in [3.05, 3.63) is 29.3 Å². The van der Waals surface area contributed by atoms with Gasteiger partial charge in [-0.1, -0.05) is 32.8 Å². The molecule has 2 unspecified atom stereocenters. The predicted molar refractivity (Wildman–Crippen MR) is 82.1 cm³/mol. The van der Waals surface area contributed by atoms with Crippen LogP contribution in [-0.2, 0) is 16.6 Å². The second kappa shape index (κ2) is 6.15. The summed E-state index contributed by atoms with van der Waals surface area (Å²) in [7, 11) is 1.75. The van der Waals surface area contributed by atoms with Crippen LogP contribution in [0.25, 0.3) is 0 Å². The normalized spacial score (nSPS) is 24.4. The van der Waals surface area contributed by atoms with Crippen LogP contribution < -0.4 is 5.73 Å². The lowest BCUT2D eigenvalue weighted by molar-refractivity contribution is 0.0369. The number of ether oxygens (including phenoxy) is 1. The van der Waals surface area contributed by atoms with E-state index >= 15 is 0 Å². The van der Waals surface area contributed by atoms with E-state index in [2.05, 4.69) is 13.8 Å². The summed E-state index contributed by atoms with van der Waals surface area (Å²) in [5.41, 5.74) is 9.04. The van der Waals surface area contributed by atoms with Crippen molar-refractivity contribution in [1.29, 1.82) is 0 Å². The fraction of sp³-hybridized carbons (Fsp3) is 0.647. The Morgan fingerprint density at radius 3 is 2.50 bits per heavy atom. The van der Waals surface area contributed by atoms with Crippen molar-refractivity contribution in [2.75, 3.05) is 7.11 Å². The standard InChI is InChI=1S/C17H27NO2/c1-4-8-17(9-5-2)14-11-13(19)7-6-12(14)10-15(20-3)16(17)18/h6-7,11,15-16,19H,4-5,8-10,18H2,1-3H3. The van der Waals surface area contributed by atoms with Gasteiger partial charge in [-0.2, -0.15) is 0 Å². The molecule has 0 spiro atoms. The van der Waals surface area contributed by atoms with Crippen LogP contribution in [0.5, 0.6) is 5.75 Å². The first-order valence-corrected chi connectivity index (χ1v) is 7.69. The Kier molecular flexibility index (Phi) is 4.71. The zero-order valence-corrected chi connectivity index (χ0v) is 12.9. The summed E-state index contributed by atoms with van der Waals surface area (Å²) >= 11 is 0. The van der Waals surface area contributed by atoms with Gasteiger partial charge in [-0.15, -0.1) is 0 Å². The lowest BCUT2D eigenvalue weighted by Gasteiger charge is -2.47. The minimum Gasteiger partial charge on any atom is -0.508 e. The molecule has 2 atom stereocenters. The Morgan fingerprint density at radius 1 is 1.30 bits per heavy atom. The highest BCUT2D eigenvalue weighted by atomic mass is 16.5. The van der Waals surface area contributed by atoms with Crippen molar-refractivity contribution >= 4 is 0 Å². The maximum atomic E-state index is 9.89. The van der Waals surface area contributed by atoms with Crippen molar-refractivity contribution < 1.29 is 9.84 Å². The molecule has 1 aromatic carbocycles. The maximum absolute atomic E-state index is 9.89. The molecular formula is C17H27NO2. The van der Waals surface area contributed by atoms with Crippen molar-refractivity contribution in [2.45, 2.75) is 63.5 Å². The van der Waals surface area contributed by atoms with Gasteiger partial charge in [0, 0.05) is 25.0 Å². The highest BCUT2D eigenvalue weighted by Gasteiger charge is 2.46. The van der Waals surface area contributed by atoms with Crippen LogP contribution in [0.1, 0.15) is 50.7 Å². The fourth-order valence-corrected chi connectivity index (χ4v) is 3.93. The molecule has 20 heavy (non-hydrogen) atoms. The molecule has 0 aliphatic heterocycles. The summed E-state index contributed by atoms with van der Waals surface area (Å²) in [5.74, 6) is 0.336. The predicted octanol–water partition coefficient (Wildman–Crippen LogP) is 3.13. The van der Waals surface area contributed by atoms with Gasteiger partial charge in [0.25, 0.3) is 0 Å². The molecule has 3 heteroatoms. The average Bonchev–Trinajstić information content (AvgIpc) is 2.44. The molecular weight excluding hydrogens is 250 g/mol. The van der Waals surface area contributed by atoms with E-state index in [1.807, 2.05) is 12.1 Å². The molecule has 0 aromatic heterocycles. The van der Waals surface area contributed by atoms with Crippen molar-refractivity contribution in [3.63, 3.8) is 0 Å². The molecule has 0 fully saturated rings. The molecule has 1 aromatic rings. The summed E-state index contributed by atoms with van der Waals surface area (Å²) in [6.07, 6.45) is 5.14. The quantitative estimate of drug-likeness (QED) is 0.869. The van der Waals surface area contributed by atoms with E-state index in [1.54, 1.807) is 13.2 Å². The molecule has 2 rings (SSSR count). The molecule has 0 amide bonds. The molecule has 0 heterocycles. The molecule has 0 bridgehead atoms. The average molecular weight is 277 g/mol. The molecule has 3 nitrogen and oxygen atoms in total.